The van der Waals surface area contributed by atoms with Crippen molar-refractivity contribution in [2.24, 2.45) is 5.92 Å². The van der Waals surface area contributed by atoms with Gasteiger partial charge in [-0.15, -0.1) is 0 Å². The molecule has 0 spiro atoms. The second-order valence-corrected chi connectivity index (χ2v) is 6.10. The van der Waals surface area contributed by atoms with Crippen LogP contribution >= 0.6 is 11.8 Å². The molecule has 1 N–H and O–H groups in total. The van der Waals surface area contributed by atoms with Crippen LogP contribution in [-0.4, -0.2) is 26.4 Å². The Hall–Kier alpha value is -2.09. The largest absolute Gasteiger partial charge is 0.363 e. The van der Waals surface area contributed by atoms with Crippen LogP contribution in [0.4, 0.5) is 5.82 Å². The van der Waals surface area contributed by atoms with Crippen molar-refractivity contribution in [2.75, 3.05) is 11.1 Å². The quantitative estimate of drug-likeness (QED) is 0.861. The Morgan fingerprint density at radius 1 is 1.59 bits per heavy atom. The lowest BCUT2D eigenvalue weighted by atomic mass is 10.1. The van der Waals surface area contributed by atoms with E-state index in [1.54, 1.807) is 10.6 Å². The lowest BCUT2D eigenvalue weighted by molar-refractivity contribution is -0.119. The first-order chi connectivity index (χ1) is 10.6. The fraction of sp³-hybridized carbons (Fsp3) is 0.429. The molecule has 1 aliphatic rings. The van der Waals surface area contributed by atoms with Crippen LogP contribution in [0.3, 0.4) is 0 Å². The van der Waals surface area contributed by atoms with Crippen molar-refractivity contribution in [3.63, 3.8) is 0 Å². The smallest absolute Gasteiger partial charge is 0.257 e. The second kappa shape index (κ2) is 5.96. The molecule has 0 aromatic carbocycles. The highest BCUT2D eigenvalue weighted by Gasteiger charge is 2.28. The summed E-state index contributed by atoms with van der Waals surface area (Å²) in [6.07, 6.45) is 2.03. The Kier molecular flexibility index (Phi) is 4.02. The fourth-order valence-corrected chi connectivity index (χ4v) is 3.59. The van der Waals surface area contributed by atoms with Crippen molar-refractivity contribution in [1.82, 2.24) is 14.7 Å². The zero-order valence-electron chi connectivity index (χ0n) is 12.3. The second-order valence-electron chi connectivity index (χ2n) is 5.11. The summed E-state index contributed by atoms with van der Waals surface area (Å²) in [5.41, 5.74) is 1.44. The molecule has 8 heteroatoms. The zero-order valence-corrected chi connectivity index (χ0v) is 13.1. The van der Waals surface area contributed by atoms with Crippen molar-refractivity contribution in [3.05, 3.63) is 33.9 Å². The normalized spacial score (nSPS) is 17.1. The van der Waals surface area contributed by atoms with E-state index in [0.717, 1.165) is 5.69 Å². The van der Waals surface area contributed by atoms with Gasteiger partial charge in [0.2, 0.25) is 5.91 Å². The highest BCUT2D eigenvalue weighted by molar-refractivity contribution is 7.99. The van der Waals surface area contributed by atoms with Crippen molar-refractivity contribution >= 4 is 23.5 Å². The standard InChI is InChI=1S/C14H16N4O3S/c1-3-10-8(2)15-14-18(13(10)20)6-9(7-22-14)12(19)16-11-4-5-21-17-11/h4-5,9H,3,6-7H2,1-2H3,(H,16,17,19). The topological polar surface area (TPSA) is 90.0 Å². The maximum atomic E-state index is 12.5. The van der Waals surface area contributed by atoms with E-state index in [1.807, 2.05) is 13.8 Å². The number of fused-ring (bicyclic) bond motifs is 1. The summed E-state index contributed by atoms with van der Waals surface area (Å²) in [4.78, 5) is 29.2. The number of carbonyl (C=O) groups is 1. The molecule has 3 heterocycles. The molecule has 0 bridgehead atoms. The molecule has 1 unspecified atom stereocenters. The first kappa shape index (κ1) is 14.8. The van der Waals surface area contributed by atoms with Crippen molar-refractivity contribution in [1.29, 1.82) is 0 Å². The molecular weight excluding hydrogens is 304 g/mol. The monoisotopic (exact) mass is 320 g/mol. The Morgan fingerprint density at radius 3 is 3.09 bits per heavy atom. The van der Waals surface area contributed by atoms with Gasteiger partial charge in [-0.3, -0.25) is 14.2 Å². The van der Waals surface area contributed by atoms with E-state index in [-0.39, 0.29) is 17.4 Å². The molecule has 116 valence electrons. The van der Waals surface area contributed by atoms with Crippen LogP contribution in [0, 0.1) is 12.8 Å². The molecule has 22 heavy (non-hydrogen) atoms. The number of nitrogens with one attached hydrogen (secondary N) is 1. The van der Waals surface area contributed by atoms with Crippen molar-refractivity contribution < 1.29 is 9.32 Å². The van der Waals surface area contributed by atoms with Crippen molar-refractivity contribution in [3.8, 4) is 0 Å². The number of aryl methyl sites for hydroxylation is 1. The first-order valence-corrected chi connectivity index (χ1v) is 8.03. The number of thioether (sulfide) groups is 1. The van der Waals surface area contributed by atoms with E-state index in [9.17, 15) is 9.59 Å². The van der Waals surface area contributed by atoms with Gasteiger partial charge in [-0.1, -0.05) is 23.8 Å². The molecule has 0 saturated heterocycles. The van der Waals surface area contributed by atoms with Gasteiger partial charge in [0.05, 0.1) is 5.92 Å². The molecule has 2 aromatic heterocycles. The number of carbonyl (C=O) groups excluding carboxylic acids is 1. The maximum absolute atomic E-state index is 12.5. The highest BCUT2D eigenvalue weighted by atomic mass is 32.2. The number of aromatic nitrogens is 3. The Bertz CT molecular complexity index is 754. The predicted octanol–water partition coefficient (Wildman–Crippen LogP) is 1.46. The molecule has 3 rings (SSSR count). The molecule has 7 nitrogen and oxygen atoms in total. The van der Waals surface area contributed by atoms with Crippen molar-refractivity contribution in [2.45, 2.75) is 32.0 Å². The third-order valence-electron chi connectivity index (χ3n) is 3.66. The molecule has 0 saturated carbocycles. The van der Waals surface area contributed by atoms with Gasteiger partial charge in [-0.05, 0) is 13.3 Å². The predicted molar refractivity (Wildman–Crippen MR) is 82.0 cm³/mol. The number of hydrogen-bond donors (Lipinski definition) is 1. The molecular formula is C14H16N4O3S. The van der Waals surface area contributed by atoms with E-state index >= 15 is 0 Å². The summed E-state index contributed by atoms with van der Waals surface area (Å²) in [6, 6.07) is 1.58. The SMILES string of the molecule is CCc1c(C)nc2n(c1=O)CC(C(=O)Nc1ccon1)CS2. The number of rotatable bonds is 3. The van der Waals surface area contributed by atoms with E-state index in [2.05, 4.69) is 20.0 Å². The minimum absolute atomic E-state index is 0.0450. The van der Waals surface area contributed by atoms with Gasteiger partial charge in [-0.25, -0.2) is 4.98 Å². The van der Waals surface area contributed by atoms with E-state index < -0.39 is 0 Å². The van der Waals surface area contributed by atoms with Crippen LogP contribution in [-0.2, 0) is 17.8 Å². The minimum Gasteiger partial charge on any atom is -0.363 e. The lowest BCUT2D eigenvalue weighted by Gasteiger charge is -2.24. The summed E-state index contributed by atoms with van der Waals surface area (Å²) in [5, 5.41) is 7.03. The molecule has 1 atom stereocenters. The lowest BCUT2D eigenvalue weighted by Crippen LogP contribution is -2.38. The first-order valence-electron chi connectivity index (χ1n) is 7.04. The van der Waals surface area contributed by atoms with Crippen LogP contribution in [0.1, 0.15) is 18.2 Å². The maximum Gasteiger partial charge on any atom is 0.257 e. The molecule has 0 radical (unpaired) electrons. The molecule has 1 aliphatic heterocycles. The van der Waals surface area contributed by atoms with Crippen LogP contribution in [0.5, 0.6) is 0 Å². The average molecular weight is 320 g/mol. The zero-order chi connectivity index (χ0) is 15.7. The summed E-state index contributed by atoms with van der Waals surface area (Å²) >= 11 is 1.43. The average Bonchev–Trinajstić information content (AvgIpc) is 3.00. The van der Waals surface area contributed by atoms with E-state index in [1.165, 1.54) is 18.0 Å². The van der Waals surface area contributed by atoms with Gasteiger partial charge in [0.25, 0.3) is 5.56 Å². The number of hydrogen-bond acceptors (Lipinski definition) is 6. The van der Waals surface area contributed by atoms with Gasteiger partial charge in [0.1, 0.15) is 6.26 Å². The van der Waals surface area contributed by atoms with Crippen LogP contribution in [0.15, 0.2) is 26.8 Å². The number of amides is 1. The molecule has 0 aliphatic carbocycles. The third kappa shape index (κ3) is 2.66. The highest BCUT2D eigenvalue weighted by Crippen LogP contribution is 2.26. The van der Waals surface area contributed by atoms with Crippen LogP contribution < -0.4 is 10.9 Å². The van der Waals surface area contributed by atoms with Crippen LogP contribution in [0.25, 0.3) is 0 Å². The summed E-state index contributed by atoms with van der Waals surface area (Å²) in [7, 11) is 0. The fourth-order valence-electron chi connectivity index (χ4n) is 2.47. The Labute approximate surface area is 131 Å². The summed E-state index contributed by atoms with van der Waals surface area (Å²) < 4.78 is 6.29. The molecule has 0 fully saturated rings. The Morgan fingerprint density at radius 2 is 2.41 bits per heavy atom. The number of anilines is 1. The van der Waals surface area contributed by atoms with E-state index in [4.69, 9.17) is 0 Å². The van der Waals surface area contributed by atoms with Crippen LogP contribution in [0.2, 0.25) is 0 Å². The molecule has 1 amide bonds. The van der Waals surface area contributed by atoms with Gasteiger partial charge in [0.15, 0.2) is 11.0 Å². The minimum atomic E-state index is -0.305. The van der Waals surface area contributed by atoms with Gasteiger partial charge < -0.3 is 9.84 Å². The summed E-state index contributed by atoms with van der Waals surface area (Å²) in [5.74, 6) is 0.490. The van der Waals surface area contributed by atoms with Gasteiger partial charge >= 0.3 is 0 Å². The third-order valence-corrected chi connectivity index (χ3v) is 4.80. The number of nitrogens with zero attached hydrogens (tertiary/aromatic N) is 3. The van der Waals surface area contributed by atoms with Gasteiger partial charge in [0, 0.05) is 29.6 Å². The van der Waals surface area contributed by atoms with E-state index in [0.29, 0.717) is 35.3 Å². The van der Waals surface area contributed by atoms with Gasteiger partial charge in [-0.2, -0.15) is 0 Å². The molecule has 2 aromatic rings. The summed E-state index contributed by atoms with van der Waals surface area (Å²) in [6.45, 7) is 4.12. The Balaban J connectivity index is 1.84.